The van der Waals surface area contributed by atoms with E-state index in [1.807, 2.05) is 0 Å². The number of pyridine rings is 1. The van der Waals surface area contributed by atoms with Gasteiger partial charge in [-0.05, 0) is 24.8 Å². The molecule has 0 radical (unpaired) electrons. The number of anilines is 1. The number of halogens is 6. The number of hydrogen-bond acceptors (Lipinski definition) is 2. The molecule has 10 heteroatoms. The van der Waals surface area contributed by atoms with E-state index in [4.69, 9.17) is 5.11 Å². The lowest BCUT2D eigenvalue weighted by Gasteiger charge is -2.21. The van der Waals surface area contributed by atoms with Crippen molar-refractivity contribution < 1.29 is 36.2 Å². The third kappa shape index (κ3) is 2.88. The standard InChI is InChI=1S/C11H8F6N2O2/c12-10(13,14)6-7(19-9(20)21)4-2-1-3-5(4)18-8(6)11(15,16)17/h1-3H2,(H,18,19)(H,20,21). The fourth-order valence-corrected chi connectivity index (χ4v) is 2.31. The SMILES string of the molecule is O=C(O)Nc1c2c(nc(C(F)(F)F)c1C(F)(F)F)CCC2. The highest BCUT2D eigenvalue weighted by Crippen LogP contribution is 2.46. The first-order valence-corrected chi connectivity index (χ1v) is 5.72. The van der Waals surface area contributed by atoms with Crippen LogP contribution in [0.5, 0.6) is 0 Å². The van der Waals surface area contributed by atoms with Crippen LogP contribution in [-0.4, -0.2) is 16.2 Å². The zero-order valence-corrected chi connectivity index (χ0v) is 10.2. The van der Waals surface area contributed by atoms with Gasteiger partial charge < -0.3 is 5.11 Å². The van der Waals surface area contributed by atoms with Gasteiger partial charge in [-0.3, -0.25) is 5.32 Å². The fourth-order valence-electron chi connectivity index (χ4n) is 2.31. The molecule has 0 fully saturated rings. The Kier molecular flexibility index (Phi) is 3.50. The summed E-state index contributed by atoms with van der Waals surface area (Å²) in [6.07, 6.45) is -12.2. The van der Waals surface area contributed by atoms with E-state index in [2.05, 4.69) is 4.98 Å². The van der Waals surface area contributed by atoms with Crippen LogP contribution in [0.1, 0.15) is 28.9 Å². The molecule has 1 aliphatic carbocycles. The lowest BCUT2D eigenvalue weighted by molar-refractivity contribution is -0.164. The van der Waals surface area contributed by atoms with Crippen molar-refractivity contribution in [1.29, 1.82) is 0 Å². The lowest BCUT2D eigenvalue weighted by atomic mass is 10.0. The Balaban J connectivity index is 2.81. The van der Waals surface area contributed by atoms with E-state index < -0.39 is 35.4 Å². The van der Waals surface area contributed by atoms with E-state index in [-0.39, 0.29) is 24.1 Å². The Hall–Kier alpha value is -2.00. The highest BCUT2D eigenvalue weighted by Gasteiger charge is 2.48. The zero-order valence-electron chi connectivity index (χ0n) is 10.2. The molecule has 0 saturated carbocycles. The van der Waals surface area contributed by atoms with Gasteiger partial charge in [0.25, 0.3) is 0 Å². The molecular weight excluding hydrogens is 306 g/mol. The minimum atomic E-state index is -5.38. The number of carbonyl (C=O) groups is 1. The second kappa shape index (κ2) is 4.78. The largest absolute Gasteiger partial charge is 0.465 e. The second-order valence-electron chi connectivity index (χ2n) is 4.41. The van der Waals surface area contributed by atoms with E-state index in [0.29, 0.717) is 6.42 Å². The summed E-state index contributed by atoms with van der Waals surface area (Å²) < 4.78 is 77.4. The quantitative estimate of drug-likeness (QED) is 0.777. The first kappa shape index (κ1) is 15.4. The molecular formula is C11H8F6N2O2. The molecule has 116 valence electrons. The molecule has 1 amide bonds. The summed E-state index contributed by atoms with van der Waals surface area (Å²) >= 11 is 0. The molecule has 1 aromatic heterocycles. The first-order chi connectivity index (χ1) is 9.51. The summed E-state index contributed by atoms with van der Waals surface area (Å²) in [6.45, 7) is 0. The smallest absolute Gasteiger partial charge is 0.434 e. The molecule has 4 nitrogen and oxygen atoms in total. The van der Waals surface area contributed by atoms with Crippen molar-refractivity contribution in [3.05, 3.63) is 22.5 Å². The minimum absolute atomic E-state index is 0.0408. The Bertz CT molecular complexity index is 594. The maximum Gasteiger partial charge on any atom is 0.434 e. The number of aromatic nitrogens is 1. The van der Waals surface area contributed by atoms with Crippen LogP contribution >= 0.6 is 0 Å². The highest BCUT2D eigenvalue weighted by atomic mass is 19.4. The summed E-state index contributed by atoms with van der Waals surface area (Å²) in [7, 11) is 0. The van der Waals surface area contributed by atoms with Crippen molar-refractivity contribution in [2.75, 3.05) is 5.32 Å². The number of nitrogens with zero attached hydrogens (tertiary/aromatic N) is 1. The van der Waals surface area contributed by atoms with Gasteiger partial charge in [0, 0.05) is 5.69 Å². The van der Waals surface area contributed by atoms with Crippen LogP contribution in [0.15, 0.2) is 0 Å². The molecule has 0 aliphatic heterocycles. The number of alkyl halides is 6. The van der Waals surface area contributed by atoms with Crippen LogP contribution in [0.2, 0.25) is 0 Å². The average Bonchev–Trinajstić information content (AvgIpc) is 2.72. The van der Waals surface area contributed by atoms with Crippen molar-refractivity contribution >= 4 is 11.8 Å². The third-order valence-corrected chi connectivity index (χ3v) is 3.01. The highest BCUT2D eigenvalue weighted by molar-refractivity contribution is 5.86. The van der Waals surface area contributed by atoms with Crippen molar-refractivity contribution in [1.82, 2.24) is 4.98 Å². The molecule has 2 rings (SSSR count). The maximum absolute atomic E-state index is 13.0. The summed E-state index contributed by atoms with van der Waals surface area (Å²) in [4.78, 5) is 13.7. The van der Waals surface area contributed by atoms with Crippen LogP contribution in [-0.2, 0) is 25.2 Å². The van der Waals surface area contributed by atoms with Gasteiger partial charge in [-0.1, -0.05) is 0 Å². The molecule has 0 unspecified atom stereocenters. The molecule has 0 atom stereocenters. The van der Waals surface area contributed by atoms with E-state index >= 15 is 0 Å². The van der Waals surface area contributed by atoms with Gasteiger partial charge in [0.05, 0.1) is 5.69 Å². The number of rotatable bonds is 1. The first-order valence-electron chi connectivity index (χ1n) is 5.72. The molecule has 1 heterocycles. The Morgan fingerprint density at radius 2 is 1.71 bits per heavy atom. The Labute approximate surface area is 113 Å². The molecule has 0 bridgehead atoms. The topological polar surface area (TPSA) is 62.2 Å². The van der Waals surface area contributed by atoms with E-state index in [1.165, 1.54) is 5.32 Å². The number of nitrogens with one attached hydrogen (secondary N) is 1. The van der Waals surface area contributed by atoms with Gasteiger partial charge in [-0.15, -0.1) is 0 Å². The molecule has 0 saturated heterocycles. The van der Waals surface area contributed by atoms with Crippen LogP contribution in [0.25, 0.3) is 0 Å². The second-order valence-corrected chi connectivity index (χ2v) is 4.41. The molecule has 1 aromatic rings. The van der Waals surface area contributed by atoms with Gasteiger partial charge in [0.15, 0.2) is 5.69 Å². The van der Waals surface area contributed by atoms with E-state index in [0.717, 1.165) is 0 Å². The summed E-state index contributed by atoms with van der Waals surface area (Å²) in [5.74, 6) is 0. The number of amides is 1. The zero-order chi connectivity index (χ0) is 16.0. The van der Waals surface area contributed by atoms with Crippen molar-refractivity contribution in [3.8, 4) is 0 Å². The monoisotopic (exact) mass is 314 g/mol. The number of fused-ring (bicyclic) bond motifs is 1. The van der Waals surface area contributed by atoms with Crippen LogP contribution in [0, 0.1) is 0 Å². The molecule has 21 heavy (non-hydrogen) atoms. The predicted molar refractivity (Wildman–Crippen MR) is 57.9 cm³/mol. The average molecular weight is 314 g/mol. The summed E-state index contributed by atoms with van der Waals surface area (Å²) in [6, 6.07) is 0. The van der Waals surface area contributed by atoms with Crippen LogP contribution in [0.3, 0.4) is 0 Å². The van der Waals surface area contributed by atoms with Crippen molar-refractivity contribution in [2.24, 2.45) is 0 Å². The van der Waals surface area contributed by atoms with E-state index in [9.17, 15) is 31.1 Å². The van der Waals surface area contributed by atoms with Crippen molar-refractivity contribution in [3.63, 3.8) is 0 Å². The van der Waals surface area contributed by atoms with Crippen molar-refractivity contribution in [2.45, 2.75) is 31.6 Å². The molecule has 2 N–H and O–H groups in total. The Morgan fingerprint density at radius 3 is 2.19 bits per heavy atom. The fraction of sp³-hybridized carbons (Fsp3) is 0.455. The van der Waals surface area contributed by atoms with Crippen LogP contribution < -0.4 is 5.32 Å². The van der Waals surface area contributed by atoms with E-state index in [1.54, 1.807) is 0 Å². The normalized spacial score (nSPS) is 15.0. The lowest BCUT2D eigenvalue weighted by Crippen LogP contribution is -2.24. The number of carboxylic acid groups (broad SMARTS) is 1. The van der Waals surface area contributed by atoms with Gasteiger partial charge in [-0.25, -0.2) is 9.78 Å². The maximum atomic E-state index is 13.0. The molecule has 1 aliphatic rings. The van der Waals surface area contributed by atoms with Gasteiger partial charge in [0.1, 0.15) is 5.56 Å². The summed E-state index contributed by atoms with van der Waals surface area (Å²) in [5.41, 5.74) is -5.54. The number of aryl methyl sites for hydroxylation is 1. The van der Waals surface area contributed by atoms with Crippen LogP contribution in [0.4, 0.5) is 36.8 Å². The minimum Gasteiger partial charge on any atom is -0.465 e. The third-order valence-electron chi connectivity index (χ3n) is 3.01. The molecule has 0 spiro atoms. The molecule has 0 aromatic carbocycles. The van der Waals surface area contributed by atoms with Gasteiger partial charge in [0.2, 0.25) is 0 Å². The number of hydrogen-bond donors (Lipinski definition) is 2. The van der Waals surface area contributed by atoms with Gasteiger partial charge in [-0.2, -0.15) is 26.3 Å². The summed E-state index contributed by atoms with van der Waals surface area (Å²) in [5, 5.41) is 10.1. The Morgan fingerprint density at radius 1 is 1.10 bits per heavy atom. The van der Waals surface area contributed by atoms with Gasteiger partial charge >= 0.3 is 18.4 Å². The predicted octanol–water partition coefficient (Wildman–Crippen LogP) is 3.70.